The average molecular weight is 491 g/mol. The monoisotopic (exact) mass is 490 g/mol. The number of halogens is 3. The number of hydrogen-bond donors (Lipinski definition) is 2. The predicted molar refractivity (Wildman–Crippen MR) is 127 cm³/mol. The van der Waals surface area contributed by atoms with Gasteiger partial charge in [0.25, 0.3) is 5.56 Å². The number of H-pyrrole nitrogens is 1. The highest BCUT2D eigenvalue weighted by molar-refractivity contribution is 7.17. The number of fused-ring (bicyclic) bond motifs is 1. The van der Waals surface area contributed by atoms with Crippen LogP contribution in [0.2, 0.25) is 10.0 Å². The number of anilines is 1. The molecule has 10 heteroatoms. The van der Waals surface area contributed by atoms with Crippen LogP contribution in [0.4, 0.5) is 10.1 Å². The molecule has 0 aliphatic rings. The number of amides is 1. The first-order valence-electron chi connectivity index (χ1n) is 9.50. The number of nitrogens with zero attached hydrogens (tertiary/aromatic N) is 2. The third-order valence-corrected chi connectivity index (χ3v) is 6.21. The molecule has 4 rings (SSSR count). The third-order valence-electron chi connectivity index (χ3n) is 4.71. The van der Waals surface area contributed by atoms with Gasteiger partial charge in [-0.15, -0.1) is 11.3 Å². The number of rotatable bonds is 6. The molecular weight excluding hydrogens is 474 g/mol. The summed E-state index contributed by atoms with van der Waals surface area (Å²) in [5.41, 5.74) is 1.51. The summed E-state index contributed by atoms with van der Waals surface area (Å²) in [4.78, 5) is 34.7. The lowest BCUT2D eigenvalue weighted by molar-refractivity contribution is -0.117. The first kappa shape index (κ1) is 22.4. The van der Waals surface area contributed by atoms with Gasteiger partial charge >= 0.3 is 0 Å². The summed E-state index contributed by atoms with van der Waals surface area (Å²) in [6.45, 7) is 0.285. The number of nitrogens with one attached hydrogen (secondary N) is 2. The zero-order valence-electron chi connectivity index (χ0n) is 16.8. The van der Waals surface area contributed by atoms with Gasteiger partial charge in [-0.2, -0.15) is 0 Å². The smallest absolute Gasteiger partial charge is 0.260 e. The number of carbonyl (C=O) groups excluding carboxylic acids is 1. The predicted octanol–water partition coefficient (Wildman–Crippen LogP) is 5.17. The Bertz CT molecular complexity index is 1330. The molecule has 0 saturated heterocycles. The first-order valence-corrected chi connectivity index (χ1v) is 11.1. The molecule has 0 unspecified atom stereocenters. The maximum absolute atomic E-state index is 13.2. The molecule has 0 spiro atoms. The van der Waals surface area contributed by atoms with Gasteiger partial charge in [-0.3, -0.25) is 14.5 Å². The summed E-state index contributed by atoms with van der Waals surface area (Å²) >= 11 is 13.5. The van der Waals surface area contributed by atoms with Gasteiger partial charge < -0.3 is 10.3 Å². The Morgan fingerprint density at radius 3 is 2.56 bits per heavy atom. The standard InChI is InChI=1S/C22H17Cl2FN4O2S/c1-29(10-18(30)28-20-15(23)3-2-4-16(20)24)9-17-26-21(31)19-14(11-32-22(19)27-17)12-5-7-13(25)8-6-12/h2-8,11H,9-10H2,1H3,(H,28,30)(H,26,27,31). The van der Waals surface area contributed by atoms with Crippen LogP contribution < -0.4 is 10.9 Å². The van der Waals surface area contributed by atoms with E-state index in [-0.39, 0.29) is 30.4 Å². The van der Waals surface area contributed by atoms with Crippen molar-refractivity contribution in [2.24, 2.45) is 0 Å². The van der Waals surface area contributed by atoms with Crippen LogP contribution in [-0.4, -0.2) is 34.4 Å². The molecule has 2 aromatic carbocycles. The normalized spacial score (nSPS) is 11.3. The van der Waals surface area contributed by atoms with E-state index in [1.807, 2.05) is 5.38 Å². The van der Waals surface area contributed by atoms with Crippen LogP contribution >= 0.6 is 34.5 Å². The SMILES string of the molecule is CN(CC(=O)Nc1c(Cl)cccc1Cl)Cc1nc2scc(-c3ccc(F)cc3)c2c(=O)[nH]1. The number of thiophene rings is 1. The van der Waals surface area contributed by atoms with Gasteiger partial charge in [0, 0.05) is 10.9 Å². The quantitative estimate of drug-likeness (QED) is 0.390. The Hall–Kier alpha value is -2.78. The van der Waals surface area contributed by atoms with E-state index in [9.17, 15) is 14.0 Å². The molecule has 6 nitrogen and oxygen atoms in total. The van der Waals surface area contributed by atoms with E-state index in [1.165, 1.54) is 23.5 Å². The number of likely N-dealkylation sites (N-methyl/N-ethyl adjacent to an activating group) is 1. The van der Waals surface area contributed by atoms with Crippen molar-refractivity contribution in [2.75, 3.05) is 18.9 Å². The Kier molecular flexibility index (Phi) is 6.57. The molecule has 0 aliphatic heterocycles. The molecule has 2 aromatic heterocycles. The summed E-state index contributed by atoms with van der Waals surface area (Å²) in [6.07, 6.45) is 0. The van der Waals surface area contributed by atoms with Gasteiger partial charge in [0.15, 0.2) is 0 Å². The van der Waals surface area contributed by atoms with E-state index >= 15 is 0 Å². The van der Waals surface area contributed by atoms with Gasteiger partial charge in [-0.1, -0.05) is 41.4 Å². The van der Waals surface area contributed by atoms with Crippen LogP contribution in [0.5, 0.6) is 0 Å². The zero-order chi connectivity index (χ0) is 22.8. The topological polar surface area (TPSA) is 78.1 Å². The number of benzene rings is 2. The third kappa shape index (κ3) is 4.83. The van der Waals surface area contributed by atoms with Crippen LogP contribution in [0.3, 0.4) is 0 Å². The van der Waals surface area contributed by atoms with Crippen LogP contribution in [0.25, 0.3) is 21.3 Å². The molecule has 32 heavy (non-hydrogen) atoms. The van der Waals surface area contributed by atoms with Crippen molar-refractivity contribution in [3.05, 3.63) is 79.9 Å². The van der Waals surface area contributed by atoms with Gasteiger partial charge in [0.2, 0.25) is 5.91 Å². The fraction of sp³-hybridized carbons (Fsp3) is 0.136. The van der Waals surface area contributed by atoms with Gasteiger partial charge in [0.1, 0.15) is 16.5 Å². The molecule has 0 atom stereocenters. The summed E-state index contributed by atoms with van der Waals surface area (Å²) in [5.74, 6) is -0.215. The molecule has 0 saturated carbocycles. The minimum atomic E-state index is -0.341. The molecule has 164 valence electrons. The highest BCUT2D eigenvalue weighted by Crippen LogP contribution is 2.31. The van der Waals surface area contributed by atoms with Crippen LogP contribution in [0.1, 0.15) is 5.82 Å². The number of aromatic nitrogens is 2. The Morgan fingerprint density at radius 1 is 1.19 bits per heavy atom. The molecule has 0 fully saturated rings. The number of para-hydroxylation sites is 1. The van der Waals surface area contributed by atoms with Crippen molar-refractivity contribution in [1.29, 1.82) is 0 Å². The van der Waals surface area contributed by atoms with Gasteiger partial charge in [-0.25, -0.2) is 9.37 Å². The largest absolute Gasteiger partial charge is 0.322 e. The molecule has 0 aliphatic carbocycles. The second kappa shape index (κ2) is 9.38. The van der Waals surface area contributed by atoms with Gasteiger partial charge in [-0.05, 0) is 36.9 Å². The van der Waals surface area contributed by atoms with Crippen LogP contribution in [0, 0.1) is 5.82 Å². The van der Waals surface area contributed by atoms with E-state index in [4.69, 9.17) is 23.2 Å². The number of aromatic amines is 1. The Labute approximate surface area is 196 Å². The molecule has 2 heterocycles. The van der Waals surface area contributed by atoms with Gasteiger partial charge in [0.05, 0.1) is 34.2 Å². The molecular formula is C22H17Cl2FN4O2S. The fourth-order valence-corrected chi connectivity index (χ4v) is 4.72. The van der Waals surface area contributed by atoms with E-state index < -0.39 is 0 Å². The zero-order valence-corrected chi connectivity index (χ0v) is 19.1. The maximum Gasteiger partial charge on any atom is 0.260 e. The summed E-state index contributed by atoms with van der Waals surface area (Å²) in [5, 5.41) is 5.68. The van der Waals surface area contributed by atoms with Crippen molar-refractivity contribution in [1.82, 2.24) is 14.9 Å². The lowest BCUT2D eigenvalue weighted by Crippen LogP contribution is -2.31. The average Bonchev–Trinajstić information content (AvgIpc) is 3.16. The van der Waals surface area contributed by atoms with Crippen LogP contribution in [-0.2, 0) is 11.3 Å². The Balaban J connectivity index is 1.49. The first-order chi connectivity index (χ1) is 15.3. The van der Waals surface area contributed by atoms with Crippen LogP contribution in [0.15, 0.2) is 52.6 Å². The highest BCUT2D eigenvalue weighted by atomic mass is 35.5. The minimum absolute atomic E-state index is 0.0363. The summed E-state index contributed by atoms with van der Waals surface area (Å²) in [6, 6.07) is 10.9. The number of hydrogen-bond acceptors (Lipinski definition) is 5. The van der Waals surface area contributed by atoms with Crippen molar-refractivity contribution in [3.63, 3.8) is 0 Å². The molecule has 0 bridgehead atoms. The molecule has 0 radical (unpaired) electrons. The fourth-order valence-electron chi connectivity index (χ4n) is 3.26. The van der Waals surface area contributed by atoms with E-state index in [1.54, 1.807) is 42.3 Å². The lowest BCUT2D eigenvalue weighted by atomic mass is 10.1. The summed E-state index contributed by atoms with van der Waals surface area (Å²) in [7, 11) is 1.73. The second-order valence-electron chi connectivity index (χ2n) is 7.17. The van der Waals surface area contributed by atoms with Crippen molar-refractivity contribution in [3.8, 4) is 11.1 Å². The van der Waals surface area contributed by atoms with E-state index in [2.05, 4.69) is 15.3 Å². The summed E-state index contributed by atoms with van der Waals surface area (Å²) < 4.78 is 13.2. The lowest BCUT2D eigenvalue weighted by Gasteiger charge is -2.16. The number of carbonyl (C=O) groups is 1. The van der Waals surface area contributed by atoms with Crippen molar-refractivity contribution in [2.45, 2.75) is 6.54 Å². The second-order valence-corrected chi connectivity index (χ2v) is 8.84. The molecule has 1 amide bonds. The highest BCUT2D eigenvalue weighted by Gasteiger charge is 2.16. The Morgan fingerprint density at radius 2 is 1.88 bits per heavy atom. The maximum atomic E-state index is 13.2. The molecule has 4 aromatic rings. The van der Waals surface area contributed by atoms with Crippen molar-refractivity contribution >= 4 is 56.3 Å². The van der Waals surface area contributed by atoms with E-state index in [0.29, 0.717) is 37.3 Å². The minimum Gasteiger partial charge on any atom is -0.322 e. The van der Waals surface area contributed by atoms with Crippen molar-refractivity contribution < 1.29 is 9.18 Å². The molecule has 2 N–H and O–H groups in total. The van der Waals surface area contributed by atoms with E-state index in [0.717, 1.165) is 5.56 Å².